The number of carbonyl (C=O) groups is 6. The summed E-state index contributed by atoms with van der Waals surface area (Å²) >= 11 is 10.4. The van der Waals surface area contributed by atoms with Gasteiger partial charge in [-0.1, -0.05) is 91.0 Å². The van der Waals surface area contributed by atoms with E-state index < -0.39 is 23.5 Å². The molecule has 0 radical (unpaired) electrons. The number of carbonyl (C=O) groups excluding carboxylic acids is 6. The van der Waals surface area contributed by atoms with Gasteiger partial charge in [-0.2, -0.15) is 0 Å². The van der Waals surface area contributed by atoms with Gasteiger partial charge in [-0.25, -0.2) is 0 Å². The molecule has 0 bridgehead atoms. The van der Waals surface area contributed by atoms with Crippen LogP contribution in [0.25, 0.3) is 32.9 Å². The zero-order valence-electron chi connectivity index (χ0n) is 55.6. The second-order valence-corrected chi connectivity index (χ2v) is 28.0. The molecule has 0 fully saturated rings. The zero-order valence-corrected chi connectivity index (χ0v) is 63.0. The van der Waals surface area contributed by atoms with Crippen molar-refractivity contribution in [1.29, 1.82) is 0 Å². The first-order chi connectivity index (χ1) is 50.2. The van der Waals surface area contributed by atoms with E-state index in [0.29, 0.717) is 115 Å². The molecule has 0 unspecified atom stereocenters. The molecule has 27 heteroatoms. The number of hydrogen-bond donors (Lipinski definition) is 11. The number of primary amides is 3. The SMILES string of the molecule is NC(=O)CCCc1oc2cc(OCc3ccccc3)c(O)cc2c1C(=O)c1cc(Br)c(O)c(Br)c1.NC(=O)CCCc1oc2cc(OCc3ccccc3)c(O)cc2c1C(=O)c1cc(I)c(O)c(I)c1.NC(=O)CCCc1oc2cc(OCc3ccccc3)c(O)cc2c1C(=O)c1cc(N)c(O)c(N)c1. The first-order valence-corrected chi connectivity index (χ1v) is 36.1. The van der Waals surface area contributed by atoms with E-state index in [0.717, 1.165) is 16.7 Å². The fourth-order valence-electron chi connectivity index (χ4n) is 11.2. The van der Waals surface area contributed by atoms with Crippen LogP contribution < -0.4 is 42.9 Å². The van der Waals surface area contributed by atoms with Crippen molar-refractivity contribution >= 4 is 156 Å². The number of aromatic hydroxyl groups is 6. The van der Waals surface area contributed by atoms with E-state index in [4.69, 9.17) is 56.1 Å². The molecule has 23 nitrogen and oxygen atoms in total. The maximum atomic E-state index is 13.6. The van der Waals surface area contributed by atoms with Gasteiger partial charge in [0.25, 0.3) is 0 Å². The van der Waals surface area contributed by atoms with Crippen LogP contribution in [0.1, 0.15) is 120 Å². The molecule has 16 N–H and O–H groups in total. The van der Waals surface area contributed by atoms with Crippen LogP contribution in [-0.4, -0.2) is 65.7 Å². The summed E-state index contributed by atoms with van der Waals surface area (Å²) in [6.45, 7) is 0.722. The van der Waals surface area contributed by atoms with Crippen LogP contribution in [0.4, 0.5) is 11.4 Å². The summed E-state index contributed by atoms with van der Waals surface area (Å²) in [6.07, 6.45) is 2.41. The van der Waals surface area contributed by atoms with Gasteiger partial charge in [0.1, 0.15) is 65.3 Å². The van der Waals surface area contributed by atoms with Gasteiger partial charge in [-0.15, -0.1) is 0 Å². The third kappa shape index (κ3) is 19.0. The maximum absolute atomic E-state index is 13.6. The average Bonchev–Trinajstić information content (AvgIpc) is 1.64. The first-order valence-electron chi connectivity index (χ1n) is 32.3. The smallest absolute Gasteiger partial charge is 0.217 e. The van der Waals surface area contributed by atoms with Crippen LogP contribution in [0, 0.1) is 7.14 Å². The number of phenolic OH excluding ortho intramolecular Hbond substituents is 6. The van der Waals surface area contributed by atoms with Crippen molar-refractivity contribution in [1.82, 2.24) is 0 Å². The zero-order chi connectivity index (χ0) is 75.3. The number of halogens is 4. The third-order valence-corrected chi connectivity index (χ3v) is 19.2. The predicted octanol–water partition coefficient (Wildman–Crippen LogP) is 15.3. The second-order valence-electron chi connectivity index (χ2n) is 24.0. The van der Waals surface area contributed by atoms with E-state index in [1.165, 1.54) is 48.5 Å². The van der Waals surface area contributed by atoms with Crippen molar-refractivity contribution in [3.8, 4) is 51.7 Å². The monoisotopic (exact) mass is 1770 g/mol. The summed E-state index contributed by atoms with van der Waals surface area (Å²) in [6, 6.07) is 46.2. The number of aryl methyl sites for hydroxylation is 3. The van der Waals surface area contributed by atoms with E-state index >= 15 is 0 Å². The molecule has 0 saturated heterocycles. The third-order valence-electron chi connectivity index (χ3n) is 16.4. The number of nitrogen functional groups attached to an aromatic ring is 2. The molecule has 9 aromatic carbocycles. The highest BCUT2D eigenvalue weighted by molar-refractivity contribution is 14.1. The van der Waals surface area contributed by atoms with Crippen molar-refractivity contribution in [2.24, 2.45) is 17.2 Å². The molecule has 105 heavy (non-hydrogen) atoms. The Morgan fingerprint density at radius 2 is 0.667 bits per heavy atom. The topological polar surface area (TPSA) is 421 Å². The highest BCUT2D eigenvalue weighted by atomic mass is 127. The Bertz CT molecular complexity index is 4700. The van der Waals surface area contributed by atoms with Crippen LogP contribution in [0.2, 0.25) is 0 Å². The Morgan fingerprint density at radius 1 is 0.381 bits per heavy atom. The molecule has 3 aromatic heterocycles. The molecule has 3 amide bonds. The average molecular weight is 1780 g/mol. The molecule has 0 aliphatic rings. The molecule has 0 aliphatic carbocycles. The largest absolute Gasteiger partial charge is 0.506 e. The van der Waals surface area contributed by atoms with E-state index in [2.05, 4.69) is 31.9 Å². The number of furan rings is 3. The summed E-state index contributed by atoms with van der Waals surface area (Å²) < 4.78 is 37.2. The summed E-state index contributed by atoms with van der Waals surface area (Å²) in [5.74, 6) is -1.45. The fraction of sp³-hybridized carbons (Fsp3) is 0.154. The van der Waals surface area contributed by atoms with E-state index in [1.54, 1.807) is 24.3 Å². The van der Waals surface area contributed by atoms with Crippen LogP contribution in [0.3, 0.4) is 0 Å². The number of nitrogens with two attached hydrogens (primary N) is 5. The molecule has 0 atom stereocenters. The number of phenols is 6. The summed E-state index contributed by atoms with van der Waals surface area (Å²) in [5, 5.41) is 63.2. The highest BCUT2D eigenvalue weighted by Gasteiger charge is 2.29. The maximum Gasteiger partial charge on any atom is 0.217 e. The van der Waals surface area contributed by atoms with E-state index in [1.807, 2.05) is 136 Å². The van der Waals surface area contributed by atoms with Gasteiger partial charge in [0.2, 0.25) is 17.7 Å². The first kappa shape index (κ1) is 76.9. The number of ether oxygens (including phenoxy) is 3. The molecular formula is C78H67Br2I2N5O18. The fourth-order valence-corrected chi connectivity index (χ4v) is 14.2. The second kappa shape index (κ2) is 34.7. The summed E-state index contributed by atoms with van der Waals surface area (Å²) in [4.78, 5) is 74.4. The lowest BCUT2D eigenvalue weighted by Gasteiger charge is -2.09. The molecule has 0 spiro atoms. The lowest BCUT2D eigenvalue weighted by Crippen LogP contribution is -2.11. The normalized spacial score (nSPS) is 11.0. The Morgan fingerprint density at radius 3 is 0.962 bits per heavy atom. The molecule has 0 aliphatic heterocycles. The number of benzene rings is 9. The lowest BCUT2D eigenvalue weighted by molar-refractivity contribution is -0.118. The molecule has 3 heterocycles. The quantitative estimate of drug-likeness (QED) is 0.00986. The number of hydrogen-bond acceptors (Lipinski definition) is 20. The van der Waals surface area contributed by atoms with Gasteiger partial charge in [0.05, 0.1) is 44.2 Å². The van der Waals surface area contributed by atoms with Gasteiger partial charge in [0, 0.05) is 89.6 Å². The van der Waals surface area contributed by atoms with Crippen molar-refractivity contribution in [3.63, 3.8) is 0 Å². The predicted molar refractivity (Wildman–Crippen MR) is 417 cm³/mol. The Balaban J connectivity index is 0.000000169. The van der Waals surface area contributed by atoms with Crippen LogP contribution in [0.15, 0.2) is 186 Å². The minimum Gasteiger partial charge on any atom is -0.506 e. The Hall–Kier alpha value is -10.8. The van der Waals surface area contributed by atoms with Gasteiger partial charge < -0.3 is 86.8 Å². The van der Waals surface area contributed by atoms with Crippen molar-refractivity contribution < 1.29 is 86.9 Å². The van der Waals surface area contributed by atoms with E-state index in [9.17, 15) is 59.4 Å². The molecule has 0 saturated carbocycles. The van der Waals surface area contributed by atoms with Gasteiger partial charge >= 0.3 is 0 Å². The minimum atomic E-state index is -0.470. The molecule has 12 rings (SSSR count). The van der Waals surface area contributed by atoms with Gasteiger partial charge in [-0.05, 0) is 168 Å². The van der Waals surface area contributed by atoms with Gasteiger partial charge in [0.15, 0.2) is 57.6 Å². The van der Waals surface area contributed by atoms with Crippen molar-refractivity contribution in [2.75, 3.05) is 11.5 Å². The minimum absolute atomic E-state index is 0.0295. The van der Waals surface area contributed by atoms with Crippen LogP contribution >= 0.6 is 77.0 Å². The number of anilines is 2. The van der Waals surface area contributed by atoms with E-state index in [-0.39, 0.29) is 137 Å². The van der Waals surface area contributed by atoms with Crippen molar-refractivity contribution in [3.05, 3.63) is 247 Å². The highest BCUT2D eigenvalue weighted by Crippen LogP contribution is 2.43. The standard InChI is InChI=1S/C26H21Br2NO6.C26H21I2NO6.C26H25N3O6/c3*27-17-9-15(10-18(28)26(17)33)25(32)24-16-11-19(30)22(34-13-14-5-2-1-3-6-14)12-21(16)35-20(24)7-4-8-23(29)31/h2*1-3,5-6,9-12,30,33H,4,7-8,13H2,(H2,29,31);1-3,5-6,9-12,30,33H,4,7-8,13,27-28H2,(H2,29,31). The van der Waals surface area contributed by atoms with Gasteiger partial charge in [-0.3, -0.25) is 28.8 Å². The Kier molecular flexibility index (Phi) is 25.4. The van der Waals surface area contributed by atoms with Crippen molar-refractivity contribution in [2.45, 2.75) is 77.6 Å². The number of rotatable bonds is 27. The molecule has 12 aromatic rings. The molecule has 540 valence electrons. The number of fused-ring (bicyclic) bond motifs is 3. The lowest BCUT2D eigenvalue weighted by atomic mass is 9.97. The number of amides is 3. The van der Waals surface area contributed by atoms with Crippen LogP contribution in [-0.2, 0) is 53.5 Å². The number of ketones is 3. The van der Waals surface area contributed by atoms with Crippen LogP contribution in [0.5, 0.6) is 51.7 Å². The summed E-state index contributed by atoms with van der Waals surface area (Å²) in [7, 11) is 0. The molecular weight excluding hydrogens is 1710 g/mol. The summed E-state index contributed by atoms with van der Waals surface area (Å²) in [5.41, 5.74) is 32.7. The Labute approximate surface area is 643 Å².